The minimum absolute atomic E-state index is 0.135. The van der Waals surface area contributed by atoms with Crippen LogP contribution >= 0.6 is 0 Å². The van der Waals surface area contributed by atoms with Gasteiger partial charge in [-0.1, -0.05) is 6.42 Å². The molecular weight excluding hydrogens is 252 g/mol. The number of hydrogen-bond donors (Lipinski definition) is 3. The van der Waals surface area contributed by atoms with Crippen molar-refractivity contribution in [2.75, 3.05) is 6.61 Å². The van der Waals surface area contributed by atoms with Crippen LogP contribution in [0.3, 0.4) is 0 Å². The highest BCUT2D eigenvalue weighted by Gasteiger charge is 2.46. The van der Waals surface area contributed by atoms with Crippen LogP contribution in [0.4, 0.5) is 0 Å². The first kappa shape index (κ1) is 15.4. The van der Waals surface area contributed by atoms with Gasteiger partial charge in [-0.25, -0.2) is 4.79 Å². The van der Waals surface area contributed by atoms with Crippen LogP contribution in [0.2, 0.25) is 0 Å². The van der Waals surface area contributed by atoms with Crippen LogP contribution in [0.1, 0.15) is 33.1 Å². The summed E-state index contributed by atoms with van der Waals surface area (Å²) < 4.78 is 4.65. The van der Waals surface area contributed by atoms with Crippen molar-refractivity contribution < 1.29 is 24.2 Å². The third-order valence-electron chi connectivity index (χ3n) is 3.59. The molecule has 1 saturated carbocycles. The molecule has 1 amide bonds. The van der Waals surface area contributed by atoms with E-state index in [0.29, 0.717) is 19.3 Å². The summed E-state index contributed by atoms with van der Waals surface area (Å²) in [6.07, 6.45) is 1.76. The lowest BCUT2D eigenvalue weighted by Gasteiger charge is -2.28. The van der Waals surface area contributed by atoms with E-state index < -0.39 is 35.3 Å². The standard InChI is InChI=1S/C12H20N2O5/c1-3-19-10(16)8(13)9(15)14-7-5-4-6-12(7,2)11(17)18/h7-8H,3-6,13H2,1-2H3,(H,14,15)(H,17,18). The monoisotopic (exact) mass is 272 g/mol. The second-order valence-corrected chi connectivity index (χ2v) is 4.91. The number of carbonyl (C=O) groups is 3. The lowest BCUT2D eigenvalue weighted by Crippen LogP contribution is -2.54. The highest BCUT2D eigenvalue weighted by atomic mass is 16.5. The van der Waals surface area contributed by atoms with Gasteiger partial charge in [-0.3, -0.25) is 9.59 Å². The fraction of sp³-hybridized carbons (Fsp3) is 0.750. The first-order valence-electron chi connectivity index (χ1n) is 6.29. The van der Waals surface area contributed by atoms with Gasteiger partial charge in [0.05, 0.1) is 12.0 Å². The number of aliphatic carboxylic acids is 1. The molecule has 0 aromatic carbocycles. The number of amides is 1. The molecule has 1 aliphatic rings. The van der Waals surface area contributed by atoms with Crippen LogP contribution < -0.4 is 11.1 Å². The third-order valence-corrected chi connectivity index (χ3v) is 3.59. The van der Waals surface area contributed by atoms with Crippen LogP contribution in [-0.2, 0) is 19.1 Å². The molecule has 4 N–H and O–H groups in total. The van der Waals surface area contributed by atoms with Gasteiger partial charge in [-0.05, 0) is 26.7 Å². The van der Waals surface area contributed by atoms with Crippen molar-refractivity contribution in [1.82, 2.24) is 5.32 Å². The predicted molar refractivity (Wildman–Crippen MR) is 66.1 cm³/mol. The summed E-state index contributed by atoms with van der Waals surface area (Å²) in [7, 11) is 0. The maximum absolute atomic E-state index is 11.8. The molecule has 0 saturated heterocycles. The SMILES string of the molecule is CCOC(=O)C(N)C(=O)NC1CCCC1(C)C(=O)O. The number of carboxylic acids is 1. The van der Waals surface area contributed by atoms with Crippen molar-refractivity contribution in [2.45, 2.75) is 45.2 Å². The number of carboxylic acid groups (broad SMARTS) is 1. The number of carbonyl (C=O) groups excluding carboxylic acids is 2. The molecule has 0 heterocycles. The summed E-state index contributed by atoms with van der Waals surface area (Å²) in [6.45, 7) is 3.33. The van der Waals surface area contributed by atoms with Gasteiger partial charge in [0.1, 0.15) is 0 Å². The number of nitrogens with one attached hydrogen (secondary N) is 1. The highest BCUT2D eigenvalue weighted by Crippen LogP contribution is 2.38. The summed E-state index contributed by atoms with van der Waals surface area (Å²) in [5, 5.41) is 11.8. The van der Waals surface area contributed by atoms with Gasteiger partial charge in [-0.2, -0.15) is 0 Å². The molecule has 3 atom stereocenters. The molecule has 108 valence electrons. The van der Waals surface area contributed by atoms with Crippen LogP contribution in [-0.4, -0.2) is 41.6 Å². The van der Waals surface area contributed by atoms with Crippen molar-refractivity contribution >= 4 is 17.8 Å². The lowest BCUT2D eigenvalue weighted by molar-refractivity contribution is -0.149. The molecule has 7 heteroatoms. The average molecular weight is 272 g/mol. The summed E-state index contributed by atoms with van der Waals surface area (Å²) in [6, 6.07) is -1.93. The maximum atomic E-state index is 11.8. The van der Waals surface area contributed by atoms with Gasteiger partial charge >= 0.3 is 11.9 Å². The van der Waals surface area contributed by atoms with Crippen molar-refractivity contribution in [2.24, 2.45) is 11.1 Å². The van der Waals surface area contributed by atoms with E-state index in [4.69, 9.17) is 5.73 Å². The molecule has 0 aliphatic heterocycles. The quantitative estimate of drug-likeness (QED) is 0.464. The van der Waals surface area contributed by atoms with Crippen LogP contribution in [0, 0.1) is 5.41 Å². The zero-order valence-electron chi connectivity index (χ0n) is 11.1. The largest absolute Gasteiger partial charge is 0.481 e. The van der Waals surface area contributed by atoms with Gasteiger partial charge in [0.15, 0.2) is 6.04 Å². The molecule has 0 radical (unpaired) electrons. The first-order chi connectivity index (χ1) is 8.82. The number of hydrogen-bond acceptors (Lipinski definition) is 5. The van der Waals surface area contributed by atoms with Crippen LogP contribution in [0.5, 0.6) is 0 Å². The van der Waals surface area contributed by atoms with Gasteiger partial charge < -0.3 is 20.9 Å². The molecule has 0 aromatic heterocycles. The summed E-state index contributed by atoms with van der Waals surface area (Å²) in [5.41, 5.74) is 4.45. The molecule has 19 heavy (non-hydrogen) atoms. The van der Waals surface area contributed by atoms with E-state index in [1.807, 2.05) is 0 Å². The maximum Gasteiger partial charge on any atom is 0.332 e. The summed E-state index contributed by atoms with van der Waals surface area (Å²) >= 11 is 0. The predicted octanol–water partition coefficient (Wildman–Crippen LogP) is -0.364. The van der Waals surface area contributed by atoms with E-state index in [1.165, 1.54) is 0 Å². The number of esters is 1. The molecule has 3 unspecified atom stereocenters. The Labute approximate surface area is 111 Å². The van der Waals surface area contributed by atoms with Crippen molar-refractivity contribution in [3.63, 3.8) is 0 Å². The van der Waals surface area contributed by atoms with E-state index in [0.717, 1.165) is 0 Å². The fourth-order valence-electron chi connectivity index (χ4n) is 2.25. The second kappa shape index (κ2) is 6.01. The molecule has 7 nitrogen and oxygen atoms in total. The average Bonchev–Trinajstić information content (AvgIpc) is 2.71. The Hall–Kier alpha value is -1.63. The zero-order chi connectivity index (χ0) is 14.6. The minimum atomic E-state index is -1.42. The Morgan fingerprint density at radius 2 is 2.16 bits per heavy atom. The zero-order valence-corrected chi connectivity index (χ0v) is 11.1. The van der Waals surface area contributed by atoms with Crippen molar-refractivity contribution in [1.29, 1.82) is 0 Å². The first-order valence-corrected chi connectivity index (χ1v) is 6.29. The number of rotatable bonds is 5. The molecule has 1 fully saturated rings. The van der Waals surface area contributed by atoms with Crippen molar-refractivity contribution in [3.05, 3.63) is 0 Å². The molecule has 1 aliphatic carbocycles. The Morgan fingerprint density at radius 1 is 1.53 bits per heavy atom. The van der Waals surface area contributed by atoms with E-state index in [9.17, 15) is 19.5 Å². The Morgan fingerprint density at radius 3 is 2.68 bits per heavy atom. The Kier molecular flexibility index (Phi) is 4.88. The van der Waals surface area contributed by atoms with Gasteiger partial charge in [0, 0.05) is 6.04 Å². The third kappa shape index (κ3) is 3.23. The molecule has 1 rings (SSSR count). The second-order valence-electron chi connectivity index (χ2n) is 4.91. The molecule has 0 aromatic rings. The van der Waals surface area contributed by atoms with E-state index in [1.54, 1.807) is 13.8 Å². The van der Waals surface area contributed by atoms with Gasteiger partial charge in [0.2, 0.25) is 5.91 Å². The van der Waals surface area contributed by atoms with E-state index >= 15 is 0 Å². The lowest BCUT2D eigenvalue weighted by atomic mass is 9.85. The van der Waals surface area contributed by atoms with Gasteiger partial charge in [-0.15, -0.1) is 0 Å². The topological polar surface area (TPSA) is 119 Å². The molecule has 0 bridgehead atoms. The number of nitrogens with two attached hydrogens (primary N) is 1. The van der Waals surface area contributed by atoms with Crippen LogP contribution in [0.25, 0.3) is 0 Å². The fourth-order valence-corrected chi connectivity index (χ4v) is 2.25. The van der Waals surface area contributed by atoms with Crippen LogP contribution in [0.15, 0.2) is 0 Å². The molecular formula is C12H20N2O5. The van der Waals surface area contributed by atoms with Crippen molar-refractivity contribution in [3.8, 4) is 0 Å². The Bertz CT molecular complexity index is 384. The highest BCUT2D eigenvalue weighted by molar-refractivity contribution is 6.02. The number of ether oxygens (including phenoxy) is 1. The summed E-state index contributed by atoms with van der Waals surface area (Å²) in [5.74, 6) is -2.46. The smallest absolute Gasteiger partial charge is 0.332 e. The molecule has 0 spiro atoms. The van der Waals surface area contributed by atoms with E-state index in [2.05, 4.69) is 10.1 Å². The summed E-state index contributed by atoms with van der Waals surface area (Å²) in [4.78, 5) is 34.4. The minimum Gasteiger partial charge on any atom is -0.481 e. The van der Waals surface area contributed by atoms with E-state index in [-0.39, 0.29) is 6.61 Å². The Balaban J connectivity index is 2.66. The normalized spacial score (nSPS) is 27.6. The van der Waals surface area contributed by atoms with Gasteiger partial charge in [0.25, 0.3) is 0 Å².